The molecule has 2 rings (SSSR count). The summed E-state index contributed by atoms with van der Waals surface area (Å²) >= 11 is 1.66. The number of nitrogens with zero attached hydrogens (tertiary/aromatic N) is 3. The SMILES string of the molecule is Cc1nc(CNc2nnc(C(C)(C)N)o2)sc1C. The predicted molar refractivity (Wildman–Crippen MR) is 70.4 cm³/mol. The molecule has 0 amide bonds. The number of nitrogens with one attached hydrogen (secondary N) is 1. The summed E-state index contributed by atoms with van der Waals surface area (Å²) in [6.45, 7) is 8.26. The molecule has 0 spiro atoms. The molecule has 98 valence electrons. The van der Waals surface area contributed by atoms with E-state index >= 15 is 0 Å². The van der Waals surface area contributed by atoms with Crippen LogP contribution in [0.15, 0.2) is 4.42 Å². The number of anilines is 1. The van der Waals surface area contributed by atoms with E-state index in [1.165, 1.54) is 4.88 Å². The average Bonchev–Trinajstić information content (AvgIpc) is 2.83. The first-order valence-corrected chi connectivity index (χ1v) is 6.47. The Morgan fingerprint density at radius 3 is 2.56 bits per heavy atom. The van der Waals surface area contributed by atoms with Crippen molar-refractivity contribution < 1.29 is 4.42 Å². The van der Waals surface area contributed by atoms with E-state index in [9.17, 15) is 0 Å². The van der Waals surface area contributed by atoms with Crippen molar-refractivity contribution in [1.82, 2.24) is 15.2 Å². The maximum atomic E-state index is 5.87. The van der Waals surface area contributed by atoms with Crippen LogP contribution in [-0.4, -0.2) is 15.2 Å². The third-order valence-corrected chi connectivity index (χ3v) is 3.51. The highest BCUT2D eigenvalue weighted by molar-refractivity contribution is 7.11. The van der Waals surface area contributed by atoms with Gasteiger partial charge in [-0.25, -0.2) is 4.98 Å². The Hall–Kier alpha value is -1.47. The highest BCUT2D eigenvalue weighted by atomic mass is 32.1. The molecular formula is C11H17N5OS. The zero-order valence-corrected chi connectivity index (χ0v) is 11.8. The Bertz CT molecular complexity index is 520. The largest absolute Gasteiger partial charge is 0.406 e. The van der Waals surface area contributed by atoms with E-state index in [-0.39, 0.29) is 0 Å². The lowest BCUT2D eigenvalue weighted by atomic mass is 10.1. The van der Waals surface area contributed by atoms with Crippen molar-refractivity contribution in [2.24, 2.45) is 5.73 Å². The topological polar surface area (TPSA) is 89.9 Å². The van der Waals surface area contributed by atoms with Crippen molar-refractivity contribution in [2.45, 2.75) is 39.8 Å². The normalized spacial score (nSPS) is 11.8. The van der Waals surface area contributed by atoms with Gasteiger partial charge in [0.2, 0.25) is 5.89 Å². The zero-order valence-electron chi connectivity index (χ0n) is 10.9. The highest BCUT2D eigenvalue weighted by Crippen LogP contribution is 2.19. The monoisotopic (exact) mass is 267 g/mol. The van der Waals surface area contributed by atoms with Crippen LogP contribution in [-0.2, 0) is 12.1 Å². The molecule has 0 atom stereocenters. The van der Waals surface area contributed by atoms with Gasteiger partial charge < -0.3 is 15.5 Å². The number of aromatic nitrogens is 3. The molecule has 7 heteroatoms. The summed E-state index contributed by atoms with van der Waals surface area (Å²) in [5.74, 6) is 0.413. The summed E-state index contributed by atoms with van der Waals surface area (Å²) in [7, 11) is 0. The lowest BCUT2D eigenvalue weighted by Gasteiger charge is -2.11. The van der Waals surface area contributed by atoms with E-state index in [0.29, 0.717) is 18.5 Å². The lowest BCUT2D eigenvalue weighted by molar-refractivity contribution is 0.384. The van der Waals surface area contributed by atoms with Crippen LogP contribution >= 0.6 is 11.3 Å². The number of hydrogen-bond acceptors (Lipinski definition) is 7. The fourth-order valence-electron chi connectivity index (χ4n) is 1.32. The smallest absolute Gasteiger partial charge is 0.315 e. The van der Waals surface area contributed by atoms with Crippen LogP contribution in [0, 0.1) is 13.8 Å². The van der Waals surface area contributed by atoms with Gasteiger partial charge in [-0.3, -0.25) is 0 Å². The molecule has 0 saturated carbocycles. The van der Waals surface area contributed by atoms with Crippen LogP contribution in [0.1, 0.15) is 35.3 Å². The van der Waals surface area contributed by atoms with Gasteiger partial charge in [0.15, 0.2) is 0 Å². The summed E-state index contributed by atoms with van der Waals surface area (Å²) in [4.78, 5) is 5.65. The second-order valence-corrected chi connectivity index (χ2v) is 6.02. The molecular weight excluding hydrogens is 250 g/mol. The molecule has 0 aliphatic rings. The quantitative estimate of drug-likeness (QED) is 0.880. The van der Waals surface area contributed by atoms with Crippen LogP contribution in [0.5, 0.6) is 0 Å². The molecule has 0 bridgehead atoms. The standard InChI is InChI=1S/C11H17N5OS/c1-6-7(2)18-8(14-6)5-13-10-16-15-9(17-10)11(3,4)12/h5,12H2,1-4H3,(H,13,16). The maximum absolute atomic E-state index is 5.87. The molecule has 3 N–H and O–H groups in total. The molecule has 0 aliphatic carbocycles. The van der Waals surface area contributed by atoms with E-state index in [1.54, 1.807) is 11.3 Å². The fourth-order valence-corrected chi connectivity index (χ4v) is 2.19. The van der Waals surface area contributed by atoms with E-state index in [0.717, 1.165) is 10.7 Å². The van der Waals surface area contributed by atoms with E-state index in [4.69, 9.17) is 10.2 Å². The summed E-state index contributed by atoms with van der Waals surface area (Å²) in [5, 5.41) is 11.8. The minimum absolute atomic E-state index is 0.369. The van der Waals surface area contributed by atoms with Crippen LogP contribution < -0.4 is 11.1 Å². The number of thiazole rings is 1. The Morgan fingerprint density at radius 1 is 1.33 bits per heavy atom. The summed E-state index contributed by atoms with van der Waals surface area (Å²) in [5.41, 5.74) is 6.30. The average molecular weight is 267 g/mol. The first kappa shape index (κ1) is 13.0. The molecule has 0 fully saturated rings. The third-order valence-electron chi connectivity index (χ3n) is 2.44. The van der Waals surface area contributed by atoms with Crippen molar-refractivity contribution in [3.8, 4) is 0 Å². The summed E-state index contributed by atoms with van der Waals surface area (Å²) in [6.07, 6.45) is 0. The van der Waals surface area contributed by atoms with E-state index in [2.05, 4.69) is 27.4 Å². The van der Waals surface area contributed by atoms with Gasteiger partial charge in [-0.05, 0) is 27.7 Å². The van der Waals surface area contributed by atoms with Gasteiger partial charge in [-0.1, -0.05) is 5.10 Å². The zero-order chi connectivity index (χ0) is 13.3. The third kappa shape index (κ3) is 2.85. The molecule has 6 nitrogen and oxygen atoms in total. The van der Waals surface area contributed by atoms with Crippen molar-refractivity contribution in [3.05, 3.63) is 21.5 Å². The van der Waals surface area contributed by atoms with E-state index < -0.39 is 5.54 Å². The summed E-state index contributed by atoms with van der Waals surface area (Å²) < 4.78 is 5.43. The Balaban J connectivity index is 2.00. The van der Waals surface area contributed by atoms with Gasteiger partial charge in [-0.15, -0.1) is 16.4 Å². The Kier molecular flexibility index (Phi) is 3.36. The first-order valence-electron chi connectivity index (χ1n) is 5.66. The molecule has 0 aromatic carbocycles. The van der Waals surface area contributed by atoms with Crippen molar-refractivity contribution >= 4 is 17.4 Å². The molecule has 18 heavy (non-hydrogen) atoms. The van der Waals surface area contributed by atoms with Gasteiger partial charge in [-0.2, -0.15) is 0 Å². The highest BCUT2D eigenvalue weighted by Gasteiger charge is 2.21. The molecule has 0 unspecified atom stereocenters. The Labute approximate surface area is 110 Å². The minimum atomic E-state index is -0.624. The van der Waals surface area contributed by atoms with Crippen molar-refractivity contribution in [1.29, 1.82) is 0 Å². The van der Waals surface area contributed by atoms with Gasteiger partial charge >= 0.3 is 6.01 Å². The van der Waals surface area contributed by atoms with Crippen molar-refractivity contribution in [2.75, 3.05) is 5.32 Å². The van der Waals surface area contributed by atoms with Crippen LogP contribution in [0.2, 0.25) is 0 Å². The second kappa shape index (κ2) is 4.66. The van der Waals surface area contributed by atoms with E-state index in [1.807, 2.05) is 20.8 Å². The maximum Gasteiger partial charge on any atom is 0.315 e. The second-order valence-electron chi connectivity index (χ2n) is 4.74. The number of hydrogen-bond donors (Lipinski definition) is 2. The first-order chi connectivity index (χ1) is 8.36. The van der Waals surface area contributed by atoms with Crippen LogP contribution in [0.25, 0.3) is 0 Å². The Morgan fingerprint density at radius 2 is 2.06 bits per heavy atom. The molecule has 2 heterocycles. The number of rotatable bonds is 4. The molecule has 2 aromatic heterocycles. The number of aryl methyl sites for hydroxylation is 2. The molecule has 0 aliphatic heterocycles. The van der Waals surface area contributed by atoms with Gasteiger partial charge in [0, 0.05) is 4.88 Å². The number of nitrogens with two attached hydrogens (primary N) is 1. The van der Waals surface area contributed by atoms with Gasteiger partial charge in [0.25, 0.3) is 0 Å². The molecule has 2 aromatic rings. The molecule has 0 radical (unpaired) electrons. The minimum Gasteiger partial charge on any atom is -0.406 e. The van der Waals surface area contributed by atoms with Crippen LogP contribution in [0.3, 0.4) is 0 Å². The predicted octanol–water partition coefficient (Wildman–Crippen LogP) is 1.95. The fraction of sp³-hybridized carbons (Fsp3) is 0.545. The lowest BCUT2D eigenvalue weighted by Crippen LogP contribution is -2.29. The summed E-state index contributed by atoms with van der Waals surface area (Å²) in [6, 6.07) is 0.369. The van der Waals surface area contributed by atoms with Crippen LogP contribution in [0.4, 0.5) is 6.01 Å². The van der Waals surface area contributed by atoms with Gasteiger partial charge in [0.1, 0.15) is 5.01 Å². The molecule has 0 saturated heterocycles. The van der Waals surface area contributed by atoms with Crippen molar-refractivity contribution in [3.63, 3.8) is 0 Å². The van der Waals surface area contributed by atoms with Gasteiger partial charge in [0.05, 0.1) is 17.8 Å².